The van der Waals surface area contributed by atoms with E-state index in [2.05, 4.69) is 25.1 Å². The smallest absolute Gasteiger partial charge is 0.263 e. The molecule has 2 aromatic rings. The van der Waals surface area contributed by atoms with Crippen LogP contribution in [0.15, 0.2) is 41.3 Å². The van der Waals surface area contributed by atoms with Gasteiger partial charge in [-0.25, -0.2) is 8.42 Å². The molecule has 0 atom stereocenters. The van der Waals surface area contributed by atoms with Gasteiger partial charge in [-0.05, 0) is 31.2 Å². The number of aromatic nitrogens is 2. The summed E-state index contributed by atoms with van der Waals surface area (Å²) in [6.07, 6.45) is 0. The van der Waals surface area contributed by atoms with Crippen molar-refractivity contribution in [2.75, 3.05) is 49.4 Å². The number of nitrogens with one attached hydrogen (secondary N) is 2. The molecular weight excluding hydrogens is 354 g/mol. The van der Waals surface area contributed by atoms with Gasteiger partial charge in [0.1, 0.15) is 5.82 Å². The van der Waals surface area contributed by atoms with Gasteiger partial charge in [-0.15, -0.1) is 10.2 Å². The molecule has 1 aliphatic heterocycles. The predicted octanol–water partition coefficient (Wildman–Crippen LogP) is 1.33. The molecule has 3 rings (SSSR count). The lowest BCUT2D eigenvalue weighted by molar-refractivity contribution is 0.0398. The molecule has 0 spiro atoms. The number of rotatable bonds is 7. The van der Waals surface area contributed by atoms with Gasteiger partial charge in [0.2, 0.25) is 0 Å². The molecule has 1 fully saturated rings. The second-order valence-electron chi connectivity index (χ2n) is 6.10. The highest BCUT2D eigenvalue weighted by atomic mass is 32.2. The molecule has 0 aliphatic carbocycles. The number of sulfonamides is 1. The van der Waals surface area contributed by atoms with Crippen molar-refractivity contribution in [3.63, 3.8) is 0 Å². The van der Waals surface area contributed by atoms with E-state index in [1.807, 2.05) is 6.92 Å². The summed E-state index contributed by atoms with van der Waals surface area (Å²) in [7, 11) is -3.67. The van der Waals surface area contributed by atoms with Gasteiger partial charge < -0.3 is 10.1 Å². The quantitative estimate of drug-likeness (QED) is 0.751. The Morgan fingerprint density at radius 2 is 1.69 bits per heavy atom. The van der Waals surface area contributed by atoms with Crippen molar-refractivity contribution in [2.45, 2.75) is 11.8 Å². The molecule has 0 radical (unpaired) electrons. The summed E-state index contributed by atoms with van der Waals surface area (Å²) in [4.78, 5) is 2.51. The van der Waals surface area contributed by atoms with Crippen LogP contribution in [0.25, 0.3) is 0 Å². The molecule has 1 aliphatic rings. The van der Waals surface area contributed by atoms with Gasteiger partial charge >= 0.3 is 0 Å². The Bertz CT molecular complexity index is 803. The van der Waals surface area contributed by atoms with Crippen molar-refractivity contribution >= 4 is 21.7 Å². The standard InChI is InChI=1S/C17H23N5O3S/c1-14-2-4-15(5-3-14)26(23,24)21-17-7-6-16(19-20-17)18-8-9-22-10-12-25-13-11-22/h2-7H,8-13H2,1H3,(H,18,19)(H,20,21). The van der Waals surface area contributed by atoms with E-state index >= 15 is 0 Å². The molecule has 0 bridgehead atoms. The summed E-state index contributed by atoms with van der Waals surface area (Å²) in [5.74, 6) is 0.792. The van der Waals surface area contributed by atoms with E-state index in [0.717, 1.165) is 45.0 Å². The van der Waals surface area contributed by atoms with Crippen LogP contribution < -0.4 is 10.0 Å². The van der Waals surface area contributed by atoms with E-state index < -0.39 is 10.0 Å². The highest BCUT2D eigenvalue weighted by Gasteiger charge is 2.15. The van der Waals surface area contributed by atoms with E-state index in [1.54, 1.807) is 36.4 Å². The van der Waals surface area contributed by atoms with Gasteiger partial charge in [-0.3, -0.25) is 9.62 Å². The van der Waals surface area contributed by atoms with Gasteiger partial charge in [-0.1, -0.05) is 17.7 Å². The van der Waals surface area contributed by atoms with Gasteiger partial charge in [0, 0.05) is 26.2 Å². The van der Waals surface area contributed by atoms with Crippen LogP contribution in [0.5, 0.6) is 0 Å². The average molecular weight is 377 g/mol. The number of morpholine rings is 1. The van der Waals surface area contributed by atoms with Crippen LogP contribution in [0.3, 0.4) is 0 Å². The highest BCUT2D eigenvalue weighted by molar-refractivity contribution is 7.92. The number of nitrogens with zero attached hydrogens (tertiary/aromatic N) is 3. The van der Waals surface area contributed by atoms with E-state index in [4.69, 9.17) is 4.74 Å². The lowest BCUT2D eigenvalue weighted by Gasteiger charge is -2.26. The predicted molar refractivity (Wildman–Crippen MR) is 99.8 cm³/mol. The second-order valence-corrected chi connectivity index (χ2v) is 7.79. The minimum Gasteiger partial charge on any atom is -0.379 e. The fraction of sp³-hybridized carbons (Fsp3) is 0.412. The molecule has 140 valence electrons. The number of ether oxygens (including phenoxy) is 1. The fourth-order valence-electron chi connectivity index (χ4n) is 2.56. The first kappa shape index (κ1) is 18.6. The average Bonchev–Trinajstić information content (AvgIpc) is 2.64. The van der Waals surface area contributed by atoms with Crippen LogP contribution in [-0.2, 0) is 14.8 Å². The molecule has 0 unspecified atom stereocenters. The third kappa shape index (κ3) is 5.13. The minimum absolute atomic E-state index is 0.185. The number of hydrogen-bond acceptors (Lipinski definition) is 7. The minimum atomic E-state index is -3.67. The molecular formula is C17H23N5O3S. The summed E-state index contributed by atoms with van der Waals surface area (Å²) in [6, 6.07) is 9.93. The summed E-state index contributed by atoms with van der Waals surface area (Å²) in [6.45, 7) is 6.96. The van der Waals surface area contributed by atoms with Crippen LogP contribution in [0.4, 0.5) is 11.6 Å². The monoisotopic (exact) mass is 377 g/mol. The first-order valence-electron chi connectivity index (χ1n) is 8.50. The van der Waals surface area contributed by atoms with Crippen molar-refractivity contribution in [2.24, 2.45) is 0 Å². The van der Waals surface area contributed by atoms with Crippen molar-refractivity contribution in [1.82, 2.24) is 15.1 Å². The Balaban J connectivity index is 1.53. The maximum Gasteiger partial charge on any atom is 0.263 e. The topological polar surface area (TPSA) is 96.5 Å². The number of aryl methyl sites for hydroxylation is 1. The molecule has 0 saturated carbocycles. The normalized spacial score (nSPS) is 15.6. The fourth-order valence-corrected chi connectivity index (χ4v) is 3.56. The lowest BCUT2D eigenvalue weighted by Crippen LogP contribution is -2.39. The molecule has 1 aromatic carbocycles. The summed E-state index contributed by atoms with van der Waals surface area (Å²) < 4.78 is 32.4. The van der Waals surface area contributed by atoms with Crippen molar-refractivity contribution in [3.05, 3.63) is 42.0 Å². The number of hydrogen-bond donors (Lipinski definition) is 2. The van der Waals surface area contributed by atoms with E-state index in [0.29, 0.717) is 5.82 Å². The molecule has 8 nitrogen and oxygen atoms in total. The van der Waals surface area contributed by atoms with Gasteiger partial charge in [0.05, 0.1) is 18.1 Å². The Kier molecular flexibility index (Phi) is 6.02. The molecule has 1 saturated heterocycles. The van der Waals surface area contributed by atoms with Crippen LogP contribution >= 0.6 is 0 Å². The molecule has 1 aromatic heterocycles. The van der Waals surface area contributed by atoms with Gasteiger partial charge in [-0.2, -0.15) is 0 Å². The molecule has 9 heteroatoms. The van der Waals surface area contributed by atoms with Crippen molar-refractivity contribution in [3.8, 4) is 0 Å². The van der Waals surface area contributed by atoms with Crippen LogP contribution in [0.2, 0.25) is 0 Å². The van der Waals surface area contributed by atoms with Crippen LogP contribution in [0.1, 0.15) is 5.56 Å². The second kappa shape index (κ2) is 8.43. The maximum atomic E-state index is 12.3. The SMILES string of the molecule is Cc1ccc(S(=O)(=O)Nc2ccc(NCCN3CCOCC3)nn2)cc1. The van der Waals surface area contributed by atoms with Crippen molar-refractivity contribution < 1.29 is 13.2 Å². The first-order valence-corrected chi connectivity index (χ1v) is 9.98. The zero-order valence-electron chi connectivity index (χ0n) is 14.7. The summed E-state index contributed by atoms with van der Waals surface area (Å²) in [5, 5.41) is 11.1. The Morgan fingerprint density at radius 3 is 2.35 bits per heavy atom. The highest BCUT2D eigenvalue weighted by Crippen LogP contribution is 2.15. The van der Waals surface area contributed by atoms with Gasteiger partial charge in [0.25, 0.3) is 10.0 Å². The molecule has 2 heterocycles. The van der Waals surface area contributed by atoms with Crippen LogP contribution in [0, 0.1) is 6.92 Å². The molecule has 2 N–H and O–H groups in total. The largest absolute Gasteiger partial charge is 0.379 e. The lowest BCUT2D eigenvalue weighted by atomic mass is 10.2. The maximum absolute atomic E-state index is 12.3. The Morgan fingerprint density at radius 1 is 1.04 bits per heavy atom. The third-order valence-electron chi connectivity index (χ3n) is 4.07. The third-order valence-corrected chi connectivity index (χ3v) is 5.44. The Labute approximate surface area is 153 Å². The number of benzene rings is 1. The molecule has 26 heavy (non-hydrogen) atoms. The van der Waals surface area contributed by atoms with Crippen LogP contribution in [-0.4, -0.2) is 62.9 Å². The number of anilines is 2. The van der Waals surface area contributed by atoms with E-state index in [-0.39, 0.29) is 10.7 Å². The first-order chi connectivity index (χ1) is 12.5. The van der Waals surface area contributed by atoms with Crippen molar-refractivity contribution in [1.29, 1.82) is 0 Å². The zero-order valence-corrected chi connectivity index (χ0v) is 15.5. The zero-order chi connectivity index (χ0) is 18.4. The summed E-state index contributed by atoms with van der Waals surface area (Å²) >= 11 is 0. The Hall–Kier alpha value is -2.23. The van der Waals surface area contributed by atoms with E-state index in [1.165, 1.54) is 0 Å². The summed E-state index contributed by atoms with van der Waals surface area (Å²) in [5.41, 5.74) is 0.997. The van der Waals surface area contributed by atoms with Gasteiger partial charge in [0.15, 0.2) is 5.82 Å². The molecule has 0 amide bonds. The van der Waals surface area contributed by atoms with E-state index in [9.17, 15) is 8.42 Å².